The number of rotatable bonds is 3. The van der Waals surface area contributed by atoms with Crippen molar-refractivity contribution in [3.63, 3.8) is 0 Å². The topological polar surface area (TPSA) is 18.5 Å². The third kappa shape index (κ3) is 2.33. The van der Waals surface area contributed by atoms with Gasteiger partial charge in [0.15, 0.2) is 5.79 Å². The standard InChI is InChI=1S/C12H15ClO2/c13-8-7-12(14-9-4-10-15-12)11-5-2-1-3-6-11/h1-3,5-6H,4,7-10H2. The quantitative estimate of drug-likeness (QED) is 0.738. The second kappa shape index (κ2) is 4.97. The number of hydrogen-bond acceptors (Lipinski definition) is 2. The Morgan fingerprint density at radius 1 is 1.13 bits per heavy atom. The smallest absolute Gasteiger partial charge is 0.195 e. The highest BCUT2D eigenvalue weighted by molar-refractivity contribution is 6.17. The van der Waals surface area contributed by atoms with Gasteiger partial charge in [0.2, 0.25) is 0 Å². The van der Waals surface area contributed by atoms with Crippen molar-refractivity contribution >= 4 is 11.6 Å². The molecule has 0 radical (unpaired) electrons. The fraction of sp³-hybridized carbons (Fsp3) is 0.500. The summed E-state index contributed by atoms with van der Waals surface area (Å²) in [7, 11) is 0. The van der Waals surface area contributed by atoms with Gasteiger partial charge in [-0.2, -0.15) is 0 Å². The molecule has 15 heavy (non-hydrogen) atoms. The number of ether oxygens (including phenoxy) is 2. The van der Waals surface area contributed by atoms with Crippen LogP contribution in [0.15, 0.2) is 30.3 Å². The molecular weight excluding hydrogens is 212 g/mol. The van der Waals surface area contributed by atoms with Crippen molar-refractivity contribution < 1.29 is 9.47 Å². The summed E-state index contributed by atoms with van der Waals surface area (Å²) in [4.78, 5) is 0. The van der Waals surface area contributed by atoms with Crippen LogP contribution in [0.3, 0.4) is 0 Å². The summed E-state index contributed by atoms with van der Waals surface area (Å²) in [6.07, 6.45) is 1.65. The maximum Gasteiger partial charge on any atom is 0.195 e. The van der Waals surface area contributed by atoms with Crippen LogP contribution in [0, 0.1) is 0 Å². The molecule has 1 aliphatic rings. The Morgan fingerprint density at radius 3 is 2.40 bits per heavy atom. The van der Waals surface area contributed by atoms with Crippen molar-refractivity contribution in [3.05, 3.63) is 35.9 Å². The summed E-state index contributed by atoms with van der Waals surface area (Å²) in [5.41, 5.74) is 1.06. The second-order valence-corrected chi connectivity index (χ2v) is 3.99. The number of benzene rings is 1. The first-order valence-corrected chi connectivity index (χ1v) is 5.80. The fourth-order valence-electron chi connectivity index (χ4n) is 1.85. The van der Waals surface area contributed by atoms with E-state index in [1.807, 2.05) is 30.3 Å². The molecule has 1 fully saturated rings. The van der Waals surface area contributed by atoms with Crippen molar-refractivity contribution in [1.29, 1.82) is 0 Å². The Hall–Kier alpha value is -0.570. The number of halogens is 1. The molecular formula is C12H15ClO2. The van der Waals surface area contributed by atoms with Crippen LogP contribution in [0.2, 0.25) is 0 Å². The first kappa shape index (κ1) is 10.9. The van der Waals surface area contributed by atoms with E-state index in [1.54, 1.807) is 0 Å². The van der Waals surface area contributed by atoms with Gasteiger partial charge in [-0.05, 0) is 6.42 Å². The van der Waals surface area contributed by atoms with Gasteiger partial charge in [-0.25, -0.2) is 0 Å². The average Bonchev–Trinajstić information content (AvgIpc) is 2.32. The lowest BCUT2D eigenvalue weighted by Gasteiger charge is -2.37. The third-order valence-electron chi connectivity index (χ3n) is 2.60. The molecule has 3 heteroatoms. The van der Waals surface area contributed by atoms with Crippen LogP contribution in [0.5, 0.6) is 0 Å². The SMILES string of the molecule is ClCCC1(c2ccccc2)OCCCO1. The van der Waals surface area contributed by atoms with E-state index in [2.05, 4.69) is 0 Å². The summed E-state index contributed by atoms with van der Waals surface area (Å²) >= 11 is 5.81. The normalized spacial score (nSPS) is 20.1. The van der Waals surface area contributed by atoms with E-state index in [0.717, 1.165) is 25.2 Å². The highest BCUT2D eigenvalue weighted by atomic mass is 35.5. The second-order valence-electron chi connectivity index (χ2n) is 3.61. The first-order valence-electron chi connectivity index (χ1n) is 5.27. The summed E-state index contributed by atoms with van der Waals surface area (Å²) in [6, 6.07) is 10.0. The molecule has 1 aromatic rings. The van der Waals surface area contributed by atoms with Gasteiger partial charge in [0.05, 0.1) is 13.2 Å². The largest absolute Gasteiger partial charge is 0.346 e. The van der Waals surface area contributed by atoms with E-state index in [1.165, 1.54) is 0 Å². The Bertz CT molecular complexity index is 288. The van der Waals surface area contributed by atoms with E-state index >= 15 is 0 Å². The van der Waals surface area contributed by atoms with Crippen molar-refractivity contribution in [2.75, 3.05) is 19.1 Å². The summed E-state index contributed by atoms with van der Waals surface area (Å²) < 4.78 is 11.6. The minimum absolute atomic E-state index is 0.537. The molecule has 1 aromatic carbocycles. The minimum atomic E-state index is -0.610. The summed E-state index contributed by atoms with van der Waals surface area (Å²) in [5.74, 6) is -0.0733. The number of hydrogen-bond donors (Lipinski definition) is 0. The minimum Gasteiger partial charge on any atom is -0.346 e. The lowest BCUT2D eigenvalue weighted by Crippen LogP contribution is -2.38. The van der Waals surface area contributed by atoms with Gasteiger partial charge in [0.1, 0.15) is 0 Å². The molecule has 2 nitrogen and oxygen atoms in total. The molecule has 0 aliphatic carbocycles. The van der Waals surface area contributed by atoms with E-state index < -0.39 is 5.79 Å². The van der Waals surface area contributed by atoms with E-state index in [4.69, 9.17) is 21.1 Å². The van der Waals surface area contributed by atoms with Crippen LogP contribution in [0.1, 0.15) is 18.4 Å². The van der Waals surface area contributed by atoms with Gasteiger partial charge >= 0.3 is 0 Å². The average molecular weight is 227 g/mol. The molecule has 0 spiro atoms. The summed E-state index contributed by atoms with van der Waals surface area (Å²) in [6.45, 7) is 1.48. The molecule has 0 atom stereocenters. The van der Waals surface area contributed by atoms with Gasteiger partial charge in [-0.3, -0.25) is 0 Å². The Balaban J connectivity index is 2.25. The lowest BCUT2D eigenvalue weighted by molar-refractivity contribution is -0.277. The lowest BCUT2D eigenvalue weighted by atomic mass is 10.0. The molecule has 0 N–H and O–H groups in total. The van der Waals surface area contributed by atoms with E-state index in [9.17, 15) is 0 Å². The highest BCUT2D eigenvalue weighted by Gasteiger charge is 2.35. The number of alkyl halides is 1. The zero-order valence-corrected chi connectivity index (χ0v) is 9.37. The third-order valence-corrected chi connectivity index (χ3v) is 2.79. The molecule has 0 bridgehead atoms. The predicted octanol–water partition coefficient (Wildman–Crippen LogP) is 2.91. The molecule has 2 rings (SSSR count). The fourth-order valence-corrected chi connectivity index (χ4v) is 2.10. The van der Waals surface area contributed by atoms with Crippen LogP contribution < -0.4 is 0 Å². The van der Waals surface area contributed by atoms with Crippen LogP contribution in [0.25, 0.3) is 0 Å². The monoisotopic (exact) mass is 226 g/mol. The summed E-state index contributed by atoms with van der Waals surface area (Å²) in [5, 5.41) is 0. The molecule has 1 saturated heterocycles. The van der Waals surface area contributed by atoms with Gasteiger partial charge in [0.25, 0.3) is 0 Å². The molecule has 0 aromatic heterocycles. The Morgan fingerprint density at radius 2 is 1.80 bits per heavy atom. The van der Waals surface area contributed by atoms with Crippen molar-refractivity contribution in [3.8, 4) is 0 Å². The van der Waals surface area contributed by atoms with Crippen LogP contribution >= 0.6 is 11.6 Å². The van der Waals surface area contributed by atoms with Crippen molar-refractivity contribution in [1.82, 2.24) is 0 Å². The van der Waals surface area contributed by atoms with Crippen LogP contribution in [0.4, 0.5) is 0 Å². The zero-order chi connectivity index (χ0) is 10.6. The Kier molecular flexibility index (Phi) is 3.62. The van der Waals surface area contributed by atoms with Gasteiger partial charge < -0.3 is 9.47 Å². The predicted molar refractivity (Wildman–Crippen MR) is 60.0 cm³/mol. The van der Waals surface area contributed by atoms with Crippen molar-refractivity contribution in [2.24, 2.45) is 0 Å². The molecule has 0 amide bonds. The molecule has 82 valence electrons. The first-order chi connectivity index (χ1) is 7.37. The zero-order valence-electron chi connectivity index (χ0n) is 8.62. The van der Waals surface area contributed by atoms with Gasteiger partial charge in [0, 0.05) is 17.9 Å². The molecule has 1 aliphatic heterocycles. The van der Waals surface area contributed by atoms with Gasteiger partial charge in [-0.15, -0.1) is 11.6 Å². The molecule has 1 heterocycles. The molecule has 0 saturated carbocycles. The Labute approximate surface area is 95.1 Å². The maximum atomic E-state index is 5.81. The maximum absolute atomic E-state index is 5.81. The van der Waals surface area contributed by atoms with E-state index in [0.29, 0.717) is 12.3 Å². The van der Waals surface area contributed by atoms with Crippen LogP contribution in [-0.4, -0.2) is 19.1 Å². The molecule has 0 unspecified atom stereocenters. The van der Waals surface area contributed by atoms with Crippen LogP contribution in [-0.2, 0) is 15.3 Å². The highest BCUT2D eigenvalue weighted by Crippen LogP contribution is 2.34. The van der Waals surface area contributed by atoms with Crippen molar-refractivity contribution in [2.45, 2.75) is 18.6 Å². The van der Waals surface area contributed by atoms with E-state index in [-0.39, 0.29) is 0 Å². The van der Waals surface area contributed by atoms with Gasteiger partial charge in [-0.1, -0.05) is 30.3 Å².